The third-order valence-electron chi connectivity index (χ3n) is 1.35. The second-order valence-corrected chi connectivity index (χ2v) is 2.26. The van der Waals surface area contributed by atoms with Crippen LogP contribution in [0.1, 0.15) is 19.2 Å². The first-order chi connectivity index (χ1) is 5.83. The van der Waals surface area contributed by atoms with Crippen molar-refractivity contribution in [1.29, 1.82) is 0 Å². The highest BCUT2D eigenvalue weighted by atomic mass is 16.1. The Morgan fingerprint density at radius 2 is 2.17 bits per heavy atom. The van der Waals surface area contributed by atoms with E-state index >= 15 is 0 Å². The fourth-order valence-corrected chi connectivity index (χ4v) is 0.682. The number of aromatic nitrogens is 2. The average Bonchev–Trinajstić information content (AvgIpc) is 2.16. The Hall–Kier alpha value is -1.51. The zero-order valence-corrected chi connectivity index (χ0v) is 6.90. The van der Waals surface area contributed by atoms with Crippen molar-refractivity contribution in [3.8, 4) is 0 Å². The first kappa shape index (κ1) is 8.59. The maximum absolute atomic E-state index is 10.8. The predicted molar refractivity (Wildman–Crippen MR) is 46.4 cm³/mol. The number of hydrogen-bond acceptors (Lipinski definition) is 3. The minimum absolute atomic E-state index is 0.0856. The third-order valence-corrected chi connectivity index (χ3v) is 1.35. The Labute approximate surface area is 71.2 Å². The lowest BCUT2D eigenvalue weighted by Gasteiger charge is -1.88. The number of carbonyl (C=O) groups is 1. The molecule has 0 N–H and O–H groups in total. The lowest BCUT2D eigenvalue weighted by Crippen LogP contribution is -1.89. The molecule has 0 unspecified atom stereocenters. The second kappa shape index (κ2) is 4.38. The molecule has 0 saturated heterocycles. The van der Waals surface area contributed by atoms with Gasteiger partial charge in [-0.25, -0.2) is 9.97 Å². The van der Waals surface area contributed by atoms with Crippen molar-refractivity contribution in [2.75, 3.05) is 0 Å². The molecule has 0 aliphatic carbocycles. The van der Waals surface area contributed by atoms with Crippen LogP contribution in [-0.2, 0) is 4.79 Å². The molecule has 62 valence electrons. The van der Waals surface area contributed by atoms with Gasteiger partial charge in [0, 0.05) is 18.8 Å². The van der Waals surface area contributed by atoms with Crippen LogP contribution in [0.15, 0.2) is 24.5 Å². The quantitative estimate of drug-likeness (QED) is 0.632. The molecule has 1 aromatic heterocycles. The molecule has 0 aromatic carbocycles. The van der Waals surface area contributed by atoms with E-state index in [4.69, 9.17) is 0 Å². The van der Waals surface area contributed by atoms with Crippen molar-refractivity contribution in [1.82, 2.24) is 9.97 Å². The molecule has 0 saturated carbocycles. The van der Waals surface area contributed by atoms with Crippen LogP contribution >= 0.6 is 0 Å². The third kappa shape index (κ3) is 2.62. The molecule has 0 aliphatic heterocycles. The molecule has 0 radical (unpaired) electrons. The summed E-state index contributed by atoms with van der Waals surface area (Å²) in [6.45, 7) is 1.82. The van der Waals surface area contributed by atoms with Gasteiger partial charge in [0.1, 0.15) is 0 Å². The number of carbonyl (C=O) groups excluding carboxylic acids is 1. The van der Waals surface area contributed by atoms with Crippen LogP contribution in [0.4, 0.5) is 0 Å². The maximum atomic E-state index is 10.8. The summed E-state index contributed by atoms with van der Waals surface area (Å²) in [7, 11) is 0. The van der Waals surface area contributed by atoms with Crippen molar-refractivity contribution in [3.63, 3.8) is 0 Å². The van der Waals surface area contributed by atoms with Crippen LogP contribution in [0, 0.1) is 0 Å². The van der Waals surface area contributed by atoms with Crippen molar-refractivity contribution in [2.45, 2.75) is 13.3 Å². The van der Waals surface area contributed by atoms with Gasteiger partial charge in [-0.15, -0.1) is 0 Å². The molecule has 1 rings (SSSR count). The van der Waals surface area contributed by atoms with Crippen LogP contribution in [0.2, 0.25) is 0 Å². The lowest BCUT2D eigenvalue weighted by molar-refractivity contribution is -0.114. The van der Waals surface area contributed by atoms with Crippen LogP contribution in [0.25, 0.3) is 6.08 Å². The van der Waals surface area contributed by atoms with E-state index in [1.807, 2.05) is 6.92 Å². The van der Waals surface area contributed by atoms with Crippen LogP contribution < -0.4 is 0 Å². The van der Waals surface area contributed by atoms with Crippen molar-refractivity contribution < 1.29 is 4.79 Å². The molecule has 0 aliphatic rings. The zero-order valence-electron chi connectivity index (χ0n) is 6.90. The second-order valence-electron chi connectivity index (χ2n) is 2.26. The molecule has 0 atom stereocenters. The molecule has 3 nitrogen and oxygen atoms in total. The van der Waals surface area contributed by atoms with Gasteiger partial charge >= 0.3 is 0 Å². The number of ketones is 1. The van der Waals surface area contributed by atoms with Gasteiger partial charge in [-0.1, -0.05) is 6.92 Å². The first-order valence-corrected chi connectivity index (χ1v) is 3.81. The predicted octanol–water partition coefficient (Wildman–Crippen LogP) is 1.47. The molecule has 0 spiro atoms. The fourth-order valence-electron chi connectivity index (χ4n) is 0.682. The molecule has 12 heavy (non-hydrogen) atoms. The summed E-state index contributed by atoms with van der Waals surface area (Å²) in [6.07, 6.45) is 6.91. The first-order valence-electron chi connectivity index (χ1n) is 3.81. The van der Waals surface area contributed by atoms with E-state index in [9.17, 15) is 4.79 Å². The molecule has 0 bridgehead atoms. The SMILES string of the molecule is CCC(=O)C=Cc1ncccn1. The molecule has 0 amide bonds. The Balaban J connectivity index is 2.64. The van der Waals surface area contributed by atoms with E-state index in [0.717, 1.165) is 0 Å². The summed E-state index contributed by atoms with van der Waals surface area (Å²) in [5.74, 6) is 0.654. The number of rotatable bonds is 3. The number of allylic oxidation sites excluding steroid dienone is 1. The van der Waals surface area contributed by atoms with E-state index in [0.29, 0.717) is 12.2 Å². The summed E-state index contributed by atoms with van der Waals surface area (Å²) in [4.78, 5) is 18.7. The Morgan fingerprint density at radius 3 is 2.75 bits per heavy atom. The van der Waals surface area contributed by atoms with Crippen molar-refractivity contribution in [3.05, 3.63) is 30.4 Å². The summed E-state index contributed by atoms with van der Waals surface area (Å²) in [5.41, 5.74) is 0. The van der Waals surface area contributed by atoms with Crippen LogP contribution in [0.5, 0.6) is 0 Å². The Bertz CT molecular complexity index is 280. The summed E-state index contributed by atoms with van der Waals surface area (Å²) in [5, 5.41) is 0. The van der Waals surface area contributed by atoms with Crippen LogP contribution in [0.3, 0.4) is 0 Å². The highest BCUT2D eigenvalue weighted by Gasteiger charge is 1.90. The van der Waals surface area contributed by atoms with Gasteiger partial charge in [-0.3, -0.25) is 4.79 Å². The highest BCUT2D eigenvalue weighted by Crippen LogP contribution is 1.92. The Morgan fingerprint density at radius 1 is 1.50 bits per heavy atom. The number of nitrogens with zero attached hydrogens (tertiary/aromatic N) is 2. The monoisotopic (exact) mass is 162 g/mol. The molecule has 0 fully saturated rings. The van der Waals surface area contributed by atoms with Gasteiger partial charge in [0.2, 0.25) is 0 Å². The zero-order chi connectivity index (χ0) is 8.81. The van der Waals surface area contributed by atoms with Crippen LogP contribution in [-0.4, -0.2) is 15.8 Å². The lowest BCUT2D eigenvalue weighted by atomic mass is 10.3. The van der Waals surface area contributed by atoms with E-state index in [1.165, 1.54) is 6.08 Å². The van der Waals surface area contributed by atoms with Gasteiger partial charge in [0.15, 0.2) is 11.6 Å². The van der Waals surface area contributed by atoms with E-state index < -0.39 is 0 Å². The van der Waals surface area contributed by atoms with E-state index in [-0.39, 0.29) is 5.78 Å². The molecule has 3 heteroatoms. The minimum Gasteiger partial charge on any atom is -0.295 e. The number of hydrogen-bond donors (Lipinski definition) is 0. The summed E-state index contributed by atoms with van der Waals surface area (Å²) in [6, 6.07) is 1.74. The fraction of sp³-hybridized carbons (Fsp3) is 0.222. The van der Waals surface area contributed by atoms with Gasteiger partial charge in [0.05, 0.1) is 0 Å². The largest absolute Gasteiger partial charge is 0.295 e. The van der Waals surface area contributed by atoms with Gasteiger partial charge in [0.25, 0.3) is 0 Å². The minimum atomic E-state index is 0.0856. The molecular weight excluding hydrogens is 152 g/mol. The summed E-state index contributed by atoms with van der Waals surface area (Å²) < 4.78 is 0. The maximum Gasteiger partial charge on any atom is 0.155 e. The summed E-state index contributed by atoms with van der Waals surface area (Å²) >= 11 is 0. The normalized spacial score (nSPS) is 10.4. The average molecular weight is 162 g/mol. The van der Waals surface area contributed by atoms with Crippen molar-refractivity contribution >= 4 is 11.9 Å². The Kier molecular flexibility index (Phi) is 3.14. The standard InChI is InChI=1S/C9H10N2O/c1-2-8(12)4-5-9-10-6-3-7-11-9/h3-7H,2H2,1H3. The van der Waals surface area contributed by atoms with Gasteiger partial charge < -0.3 is 0 Å². The topological polar surface area (TPSA) is 42.9 Å². The molecule has 1 heterocycles. The van der Waals surface area contributed by atoms with Crippen molar-refractivity contribution in [2.24, 2.45) is 0 Å². The molecular formula is C9H10N2O. The molecule has 1 aromatic rings. The van der Waals surface area contributed by atoms with E-state index in [1.54, 1.807) is 24.5 Å². The van der Waals surface area contributed by atoms with E-state index in [2.05, 4.69) is 9.97 Å². The smallest absolute Gasteiger partial charge is 0.155 e. The van der Waals surface area contributed by atoms with Gasteiger partial charge in [-0.05, 0) is 18.2 Å². The highest BCUT2D eigenvalue weighted by molar-refractivity contribution is 5.92. The van der Waals surface area contributed by atoms with Gasteiger partial charge in [-0.2, -0.15) is 0 Å².